The first-order valence-corrected chi connectivity index (χ1v) is 9.59. The van der Waals surface area contributed by atoms with Crippen LogP contribution in [-0.4, -0.2) is 37.1 Å². The number of methoxy groups -OCH3 is 1. The molecular weight excluding hydrogens is 370 g/mol. The minimum Gasteiger partial charge on any atom is -0.466 e. The van der Waals surface area contributed by atoms with Crippen LogP contribution in [0.3, 0.4) is 0 Å². The van der Waals surface area contributed by atoms with Gasteiger partial charge in [0, 0.05) is 37.0 Å². The lowest BCUT2D eigenvalue weighted by atomic mass is 10.0. The lowest BCUT2D eigenvalue weighted by Crippen LogP contribution is -2.39. The first-order chi connectivity index (χ1) is 14.0. The van der Waals surface area contributed by atoms with Crippen LogP contribution < -0.4 is 10.2 Å². The van der Waals surface area contributed by atoms with Gasteiger partial charge in [-0.05, 0) is 55.2 Å². The standard InChI is InChI=1S/C22H25N3O4/c1-16-4-3-5-19(14-16)23-18-10-12-24(13-11-18)20-8-6-17(7-9-22(26)29-2)15-21(20)25(27)28/h3-9,14-15,18,23H,10-13H2,1-2H3/b9-7+. The maximum Gasteiger partial charge on any atom is 0.330 e. The fourth-order valence-electron chi connectivity index (χ4n) is 3.53. The molecule has 0 saturated carbocycles. The number of aryl methyl sites for hydroxylation is 1. The van der Waals surface area contributed by atoms with Gasteiger partial charge in [-0.1, -0.05) is 18.2 Å². The van der Waals surface area contributed by atoms with E-state index in [-0.39, 0.29) is 10.6 Å². The maximum absolute atomic E-state index is 11.6. The zero-order chi connectivity index (χ0) is 20.8. The Hall–Kier alpha value is -3.35. The molecule has 152 valence electrons. The number of esters is 1. The second-order valence-electron chi connectivity index (χ2n) is 7.14. The number of nitro groups is 1. The summed E-state index contributed by atoms with van der Waals surface area (Å²) in [6.45, 7) is 3.54. The Morgan fingerprint density at radius 1 is 1.24 bits per heavy atom. The van der Waals surface area contributed by atoms with Crippen LogP contribution in [-0.2, 0) is 9.53 Å². The van der Waals surface area contributed by atoms with Crippen LogP contribution in [0.25, 0.3) is 6.08 Å². The molecule has 1 fully saturated rings. The van der Waals surface area contributed by atoms with Crippen molar-refractivity contribution in [2.45, 2.75) is 25.8 Å². The lowest BCUT2D eigenvalue weighted by molar-refractivity contribution is -0.384. The monoisotopic (exact) mass is 395 g/mol. The molecule has 0 radical (unpaired) electrons. The van der Waals surface area contributed by atoms with E-state index in [0.29, 0.717) is 17.3 Å². The molecule has 0 spiro atoms. The highest BCUT2D eigenvalue weighted by Gasteiger charge is 2.25. The molecule has 29 heavy (non-hydrogen) atoms. The molecule has 2 aromatic rings. The van der Waals surface area contributed by atoms with Gasteiger partial charge >= 0.3 is 5.97 Å². The van der Waals surface area contributed by atoms with Crippen molar-refractivity contribution in [1.29, 1.82) is 0 Å². The number of benzene rings is 2. The van der Waals surface area contributed by atoms with Gasteiger partial charge in [-0.25, -0.2) is 4.79 Å². The van der Waals surface area contributed by atoms with Crippen molar-refractivity contribution in [1.82, 2.24) is 0 Å². The third-order valence-corrected chi connectivity index (χ3v) is 5.03. The predicted octanol–water partition coefficient (Wildman–Crippen LogP) is 4.17. The molecule has 0 bridgehead atoms. The van der Waals surface area contributed by atoms with Gasteiger partial charge in [0.2, 0.25) is 0 Å². The van der Waals surface area contributed by atoms with E-state index >= 15 is 0 Å². The number of rotatable bonds is 6. The van der Waals surface area contributed by atoms with Crippen LogP contribution >= 0.6 is 0 Å². The smallest absolute Gasteiger partial charge is 0.330 e. The Bertz CT molecular complexity index is 918. The van der Waals surface area contributed by atoms with E-state index in [9.17, 15) is 14.9 Å². The average Bonchev–Trinajstić information content (AvgIpc) is 2.72. The normalized spacial score (nSPS) is 14.8. The highest BCUT2D eigenvalue weighted by Crippen LogP contribution is 2.32. The molecule has 0 atom stereocenters. The number of hydrogen-bond donors (Lipinski definition) is 1. The molecule has 0 aliphatic carbocycles. The first kappa shape index (κ1) is 20.4. The van der Waals surface area contributed by atoms with Gasteiger partial charge in [0.15, 0.2) is 0 Å². The van der Waals surface area contributed by atoms with Crippen molar-refractivity contribution in [3.63, 3.8) is 0 Å². The van der Waals surface area contributed by atoms with Gasteiger partial charge in [-0.15, -0.1) is 0 Å². The number of hydrogen-bond acceptors (Lipinski definition) is 6. The van der Waals surface area contributed by atoms with Crippen LogP contribution in [0.5, 0.6) is 0 Å². The van der Waals surface area contributed by atoms with E-state index in [0.717, 1.165) is 31.6 Å². The summed E-state index contributed by atoms with van der Waals surface area (Å²) in [6.07, 6.45) is 4.56. The van der Waals surface area contributed by atoms with Crippen molar-refractivity contribution in [3.05, 3.63) is 69.8 Å². The zero-order valence-electron chi connectivity index (χ0n) is 16.6. The van der Waals surface area contributed by atoms with Gasteiger partial charge < -0.3 is 15.0 Å². The van der Waals surface area contributed by atoms with E-state index in [1.807, 2.05) is 6.07 Å². The maximum atomic E-state index is 11.6. The summed E-state index contributed by atoms with van der Waals surface area (Å²) in [5.41, 5.74) is 3.56. The summed E-state index contributed by atoms with van der Waals surface area (Å²) >= 11 is 0. The second kappa shape index (κ2) is 9.23. The quantitative estimate of drug-likeness (QED) is 0.342. The molecule has 1 aliphatic heterocycles. The summed E-state index contributed by atoms with van der Waals surface area (Å²) in [7, 11) is 1.29. The molecule has 1 N–H and O–H groups in total. The molecule has 1 saturated heterocycles. The van der Waals surface area contributed by atoms with E-state index < -0.39 is 5.97 Å². The predicted molar refractivity (Wildman–Crippen MR) is 114 cm³/mol. The van der Waals surface area contributed by atoms with Gasteiger partial charge in [0.25, 0.3) is 5.69 Å². The van der Waals surface area contributed by atoms with Crippen LogP contribution in [0, 0.1) is 17.0 Å². The minimum absolute atomic E-state index is 0.0436. The SMILES string of the molecule is COC(=O)/C=C/c1ccc(N2CCC(Nc3cccc(C)c3)CC2)c([N+](=O)[O-])c1. The van der Waals surface area contributed by atoms with Gasteiger partial charge in [-0.3, -0.25) is 10.1 Å². The summed E-state index contributed by atoms with van der Waals surface area (Å²) in [6, 6.07) is 13.6. The van der Waals surface area contributed by atoms with Gasteiger partial charge in [0.1, 0.15) is 5.69 Å². The average molecular weight is 395 g/mol. The Morgan fingerprint density at radius 2 is 2.00 bits per heavy atom. The summed E-state index contributed by atoms with van der Waals surface area (Å²) in [4.78, 5) is 24.5. The summed E-state index contributed by atoms with van der Waals surface area (Å²) < 4.78 is 4.55. The molecule has 3 rings (SSSR count). The lowest BCUT2D eigenvalue weighted by Gasteiger charge is -2.34. The van der Waals surface area contributed by atoms with Crippen LogP contribution in [0.2, 0.25) is 0 Å². The Kier molecular flexibility index (Phi) is 6.49. The van der Waals surface area contributed by atoms with Crippen LogP contribution in [0.15, 0.2) is 48.5 Å². The summed E-state index contributed by atoms with van der Waals surface area (Å²) in [5, 5.41) is 15.2. The number of nitro benzene ring substituents is 1. The Labute approximate surface area is 170 Å². The van der Waals surface area contributed by atoms with Crippen molar-refractivity contribution in [3.8, 4) is 0 Å². The minimum atomic E-state index is -0.500. The van der Waals surface area contributed by atoms with Crippen molar-refractivity contribution in [2.24, 2.45) is 0 Å². The molecule has 0 unspecified atom stereocenters. The molecule has 1 heterocycles. The largest absolute Gasteiger partial charge is 0.466 e. The number of piperidine rings is 1. The van der Waals surface area contributed by atoms with Crippen LogP contribution in [0.1, 0.15) is 24.0 Å². The number of ether oxygens (including phenoxy) is 1. The van der Waals surface area contributed by atoms with E-state index in [4.69, 9.17) is 0 Å². The van der Waals surface area contributed by atoms with Crippen LogP contribution in [0.4, 0.5) is 17.1 Å². The summed E-state index contributed by atoms with van der Waals surface area (Å²) in [5.74, 6) is -0.500. The fourth-order valence-corrected chi connectivity index (χ4v) is 3.53. The van der Waals surface area contributed by atoms with Gasteiger partial charge in [0.05, 0.1) is 12.0 Å². The molecule has 0 aromatic heterocycles. The molecule has 7 nitrogen and oxygen atoms in total. The molecule has 2 aromatic carbocycles. The van der Waals surface area contributed by atoms with E-state index in [1.54, 1.807) is 12.1 Å². The third kappa shape index (κ3) is 5.34. The van der Waals surface area contributed by atoms with Crippen molar-refractivity contribution < 1.29 is 14.5 Å². The Balaban J connectivity index is 1.68. The number of nitrogens with zero attached hydrogens (tertiary/aromatic N) is 2. The first-order valence-electron chi connectivity index (χ1n) is 9.59. The number of anilines is 2. The van der Waals surface area contributed by atoms with E-state index in [1.165, 1.54) is 30.9 Å². The molecule has 7 heteroatoms. The zero-order valence-corrected chi connectivity index (χ0v) is 16.6. The Morgan fingerprint density at radius 3 is 2.66 bits per heavy atom. The van der Waals surface area contributed by atoms with E-state index in [2.05, 4.69) is 40.1 Å². The second-order valence-corrected chi connectivity index (χ2v) is 7.14. The fraction of sp³-hybridized carbons (Fsp3) is 0.318. The molecule has 1 aliphatic rings. The molecule has 0 amide bonds. The highest BCUT2D eigenvalue weighted by molar-refractivity contribution is 5.87. The van der Waals surface area contributed by atoms with Gasteiger partial charge in [-0.2, -0.15) is 0 Å². The van der Waals surface area contributed by atoms with Crippen molar-refractivity contribution >= 4 is 29.1 Å². The number of nitrogens with one attached hydrogen (secondary N) is 1. The topological polar surface area (TPSA) is 84.7 Å². The third-order valence-electron chi connectivity index (χ3n) is 5.03. The van der Waals surface area contributed by atoms with Crippen molar-refractivity contribution in [2.75, 3.05) is 30.4 Å². The molecular formula is C22H25N3O4. The highest BCUT2D eigenvalue weighted by atomic mass is 16.6. The number of carbonyl (C=O) groups excluding carboxylic acids is 1. The number of carbonyl (C=O) groups is 1.